The average molecular weight is 436 g/mol. The summed E-state index contributed by atoms with van der Waals surface area (Å²) in [7, 11) is 0. The minimum atomic E-state index is -1.20. The number of hydrogen-bond donors (Lipinski definition) is 3. The number of rotatable bonds is 8. The molecule has 156 valence electrons. The molecule has 0 rings (SSSR count). The summed E-state index contributed by atoms with van der Waals surface area (Å²) in [6.07, 6.45) is -0.493. The van der Waals surface area contributed by atoms with Gasteiger partial charge in [0.25, 0.3) is 0 Å². The molecule has 0 aromatic rings. The van der Waals surface area contributed by atoms with Crippen LogP contribution in [0.2, 0.25) is 0 Å². The van der Waals surface area contributed by atoms with E-state index in [0.29, 0.717) is 6.42 Å². The fourth-order valence-electron chi connectivity index (χ4n) is 1.65. The van der Waals surface area contributed by atoms with E-state index in [2.05, 4.69) is 13.8 Å². The Hall–Kier alpha value is 0.519. The first-order valence-corrected chi connectivity index (χ1v) is 6.83. The zero-order valence-electron chi connectivity index (χ0n) is 16.9. The summed E-state index contributed by atoms with van der Waals surface area (Å²) in [5, 5.41) is 29.0. The largest absolute Gasteiger partial charge is 0.563 e. The van der Waals surface area contributed by atoms with Crippen LogP contribution in [-0.2, 0) is 46.6 Å². The summed E-state index contributed by atoms with van der Waals surface area (Å²) in [6.45, 7) is 13.3. The number of ether oxygens (including phenoxy) is 1. The van der Waals surface area contributed by atoms with Crippen molar-refractivity contribution in [2.45, 2.75) is 71.2 Å². The molecule has 0 spiro atoms. The molecule has 3 unspecified atom stereocenters. The van der Waals surface area contributed by atoms with Crippen molar-refractivity contribution in [3.63, 3.8) is 0 Å². The second kappa shape index (κ2) is 24.5. The summed E-state index contributed by atoms with van der Waals surface area (Å²) in [5.41, 5.74) is -1.20. The molecule has 7 heteroatoms. The molecule has 0 aromatic heterocycles. The van der Waals surface area contributed by atoms with Gasteiger partial charge in [0.1, 0.15) is 6.10 Å². The maximum atomic E-state index is 10.7. The number of carbonyl (C=O) groups excluding carboxylic acids is 1. The van der Waals surface area contributed by atoms with E-state index < -0.39 is 23.8 Å². The van der Waals surface area contributed by atoms with E-state index in [-0.39, 0.29) is 84.8 Å². The topological polar surface area (TPSA) is 87.0 Å². The molecule has 0 aromatic carbocycles. The Kier molecular flexibility index (Phi) is 43.9. The van der Waals surface area contributed by atoms with Gasteiger partial charge in [-0.05, 0) is 6.92 Å². The van der Waals surface area contributed by atoms with Gasteiger partial charge in [-0.25, -0.2) is 0 Å². The van der Waals surface area contributed by atoms with Crippen LogP contribution in [0.1, 0.15) is 53.4 Å². The van der Waals surface area contributed by atoms with Gasteiger partial charge in [0.15, 0.2) is 0 Å². The van der Waals surface area contributed by atoms with Crippen molar-refractivity contribution in [3.8, 4) is 0 Å². The van der Waals surface area contributed by atoms with Gasteiger partial charge in [-0.2, -0.15) is 19.4 Å². The maximum Gasteiger partial charge on any atom is 0.302 e. The molecule has 3 atom stereocenters. The maximum absolute atomic E-state index is 10.7. The molecular weight excluding hydrogens is 398 g/mol. The van der Waals surface area contributed by atoms with Crippen molar-refractivity contribution in [3.05, 3.63) is 42.2 Å². The van der Waals surface area contributed by atoms with Crippen LogP contribution in [0.4, 0.5) is 0 Å². The van der Waals surface area contributed by atoms with Gasteiger partial charge in [-0.3, -0.25) is 4.79 Å². The first kappa shape index (κ1) is 44.7. The number of hydrogen-bond acceptors (Lipinski definition) is 5. The van der Waals surface area contributed by atoms with Gasteiger partial charge in [-0.15, -0.1) is 6.42 Å². The van der Waals surface area contributed by atoms with Gasteiger partial charge >= 0.3 is 5.97 Å². The monoisotopic (exact) mass is 436 g/mol. The van der Waals surface area contributed by atoms with Crippen LogP contribution in [0.5, 0.6) is 0 Å². The Labute approximate surface area is 181 Å². The zero-order valence-corrected chi connectivity index (χ0v) is 19.7. The minimum absolute atomic E-state index is 0. The van der Waals surface area contributed by atoms with E-state index >= 15 is 0 Å². The van der Waals surface area contributed by atoms with Crippen molar-refractivity contribution < 1.29 is 62.0 Å². The van der Waals surface area contributed by atoms with Crippen molar-refractivity contribution in [1.29, 1.82) is 0 Å². The van der Waals surface area contributed by atoms with Crippen LogP contribution in [0, 0.1) is 42.2 Å². The summed E-state index contributed by atoms with van der Waals surface area (Å²) in [4.78, 5) is 10.7. The van der Waals surface area contributed by atoms with Crippen molar-refractivity contribution >= 4 is 5.97 Å². The molecule has 0 aliphatic rings. The Morgan fingerprint density at radius 2 is 1.64 bits per heavy atom. The van der Waals surface area contributed by atoms with E-state index in [0.717, 1.165) is 0 Å². The standard InChI is InChI=1S/C13H24O5.C2H5.3CH3.2V/c1-5-13(4,17)8-12(16)7-11(15)6-9(2)18-10(3)14;1-2;;;;;/h9,11,15-17H,4-8H2,1-3H3;1H2,2H3;3*1H3;;/q-2;4*-1;;. The number of carbonyl (C=O) groups is 1. The van der Waals surface area contributed by atoms with Crippen LogP contribution in [0.3, 0.4) is 0 Å². The molecule has 0 saturated carbocycles. The molecule has 25 heavy (non-hydrogen) atoms. The van der Waals surface area contributed by atoms with E-state index in [1.54, 1.807) is 20.8 Å². The van der Waals surface area contributed by atoms with Crippen molar-refractivity contribution in [2.75, 3.05) is 0 Å². The van der Waals surface area contributed by atoms with Gasteiger partial charge in [-0.1, -0.05) is 18.9 Å². The molecule has 0 aliphatic carbocycles. The Balaban J connectivity index is -0.0000000890. The third-order valence-electron chi connectivity index (χ3n) is 2.63. The fourth-order valence-corrected chi connectivity index (χ4v) is 1.65. The zero-order chi connectivity index (χ0) is 16.3. The molecule has 0 heterocycles. The fraction of sp³-hybridized carbons (Fsp3) is 0.611. The van der Waals surface area contributed by atoms with E-state index in [4.69, 9.17) is 4.74 Å². The predicted octanol–water partition coefficient (Wildman–Crippen LogP) is 3.54. The summed E-state index contributed by atoms with van der Waals surface area (Å²) < 4.78 is 4.87. The van der Waals surface area contributed by atoms with Crippen molar-refractivity contribution in [2.24, 2.45) is 0 Å². The average Bonchev–Trinajstić information content (AvgIpc) is 2.29. The molecule has 0 aliphatic heterocycles. The van der Waals surface area contributed by atoms with E-state index in [1.807, 2.05) is 0 Å². The number of aliphatic hydroxyl groups excluding tert-OH is 2. The van der Waals surface area contributed by atoms with Gasteiger partial charge in [0.05, 0.1) is 0 Å². The summed E-state index contributed by atoms with van der Waals surface area (Å²) in [5.74, 6) is -0.402. The summed E-state index contributed by atoms with van der Waals surface area (Å²) in [6, 6.07) is 0. The Bertz CT molecular complexity index is 264. The first-order valence-electron chi connectivity index (χ1n) is 6.83. The van der Waals surface area contributed by atoms with Gasteiger partial charge < -0.3 is 56.2 Å². The van der Waals surface area contributed by atoms with Gasteiger partial charge in [0, 0.05) is 56.6 Å². The Morgan fingerprint density at radius 1 is 1.24 bits per heavy atom. The predicted molar refractivity (Wildman–Crippen MR) is 97.1 cm³/mol. The van der Waals surface area contributed by atoms with E-state index in [9.17, 15) is 20.1 Å². The molecule has 0 fully saturated rings. The molecule has 2 radical (unpaired) electrons. The van der Waals surface area contributed by atoms with Gasteiger partial charge in [0.2, 0.25) is 0 Å². The molecule has 0 bridgehead atoms. The molecule has 5 nitrogen and oxygen atoms in total. The second-order valence-electron chi connectivity index (χ2n) is 4.83. The van der Waals surface area contributed by atoms with Crippen LogP contribution in [0.15, 0.2) is 0 Å². The smallest absolute Gasteiger partial charge is 0.302 e. The molecular formula is C18H38O5V2-6. The molecule has 0 amide bonds. The summed E-state index contributed by atoms with van der Waals surface area (Å²) >= 11 is 0. The third-order valence-corrected chi connectivity index (χ3v) is 2.63. The third kappa shape index (κ3) is 29.5. The first-order chi connectivity index (χ1) is 9.16. The molecule has 0 saturated heterocycles. The van der Waals surface area contributed by atoms with Crippen LogP contribution in [-0.4, -0.2) is 39.1 Å². The van der Waals surface area contributed by atoms with Crippen LogP contribution in [0.25, 0.3) is 0 Å². The second-order valence-corrected chi connectivity index (χ2v) is 4.83. The number of esters is 1. The van der Waals surface area contributed by atoms with E-state index in [1.165, 1.54) is 6.92 Å². The minimum Gasteiger partial charge on any atom is -0.563 e. The van der Waals surface area contributed by atoms with Crippen LogP contribution >= 0.6 is 0 Å². The number of aliphatic hydroxyl groups is 3. The quantitative estimate of drug-likeness (QED) is 0.400. The van der Waals surface area contributed by atoms with Crippen molar-refractivity contribution in [1.82, 2.24) is 0 Å². The Morgan fingerprint density at radius 3 is 1.96 bits per heavy atom. The SMILES string of the molecule is [CH2-]C.[CH2-]C(O)(CC)C[C-](O)CC(O)CC(C)OC(C)=O.[CH3-].[CH3-].[CH3-].[V].[V]. The molecule has 3 N–H and O–H groups in total. The van der Waals surface area contributed by atoms with Crippen LogP contribution < -0.4 is 0 Å². The normalized spacial score (nSPS) is 13.4.